The molecule has 2 amide bonds. The number of hydrogen-bond acceptors (Lipinski definition) is 2. The summed E-state index contributed by atoms with van der Waals surface area (Å²) in [4.78, 5) is 11.2. The summed E-state index contributed by atoms with van der Waals surface area (Å²) in [6.07, 6.45) is 3.73. The zero-order valence-corrected chi connectivity index (χ0v) is 9.73. The number of rotatable bonds is 4. The van der Waals surface area contributed by atoms with Crippen LogP contribution < -0.4 is 10.6 Å². The van der Waals surface area contributed by atoms with Gasteiger partial charge in [0.2, 0.25) is 0 Å². The van der Waals surface area contributed by atoms with Crippen LogP contribution in [0.5, 0.6) is 0 Å². The molecular weight excluding hydrogens is 214 g/mol. The third-order valence-electron chi connectivity index (χ3n) is 2.19. The van der Waals surface area contributed by atoms with Crippen LogP contribution in [0.2, 0.25) is 0 Å². The van der Waals surface area contributed by atoms with Gasteiger partial charge in [-0.3, -0.25) is 0 Å². The molecule has 0 aromatic heterocycles. The molecule has 0 saturated heterocycles. The smallest absolute Gasteiger partial charge is 0.318 e. The molecule has 1 rings (SSSR count). The summed E-state index contributed by atoms with van der Waals surface area (Å²) in [7, 11) is 0. The number of carbonyl (C=O) groups is 1. The molecule has 0 aliphatic heterocycles. The van der Waals surface area contributed by atoms with E-state index in [1.54, 1.807) is 6.20 Å². The van der Waals surface area contributed by atoms with Gasteiger partial charge in [-0.15, -0.1) is 0 Å². The van der Waals surface area contributed by atoms with E-state index in [0.29, 0.717) is 13.0 Å². The van der Waals surface area contributed by atoms with E-state index in [2.05, 4.69) is 10.6 Å². The molecule has 0 unspecified atom stereocenters. The zero-order chi connectivity index (χ0) is 12.5. The normalized spacial score (nSPS) is 9.88. The van der Waals surface area contributed by atoms with Gasteiger partial charge in [0, 0.05) is 12.7 Å². The third kappa shape index (κ3) is 4.85. The molecule has 88 valence electrons. The Morgan fingerprint density at radius 2 is 2.24 bits per heavy atom. The van der Waals surface area contributed by atoms with E-state index in [0.717, 1.165) is 11.1 Å². The predicted molar refractivity (Wildman–Crippen MR) is 67.0 cm³/mol. The summed E-state index contributed by atoms with van der Waals surface area (Å²) < 4.78 is 0. The Hall–Kier alpha value is -2.28. The molecular formula is C13H15N3O. The number of nitrogens with zero attached hydrogens (tertiary/aromatic N) is 1. The van der Waals surface area contributed by atoms with Crippen LogP contribution in [0.4, 0.5) is 4.79 Å². The van der Waals surface area contributed by atoms with E-state index < -0.39 is 0 Å². The number of amides is 2. The highest BCUT2D eigenvalue weighted by atomic mass is 16.2. The van der Waals surface area contributed by atoms with E-state index >= 15 is 0 Å². The van der Waals surface area contributed by atoms with Crippen molar-refractivity contribution in [2.45, 2.75) is 13.3 Å². The van der Waals surface area contributed by atoms with Gasteiger partial charge in [-0.05, 0) is 24.1 Å². The first kappa shape index (κ1) is 12.8. The summed E-state index contributed by atoms with van der Waals surface area (Å²) in [6, 6.07) is 9.54. The van der Waals surface area contributed by atoms with Gasteiger partial charge in [0.15, 0.2) is 0 Å². The van der Waals surface area contributed by atoms with E-state index in [4.69, 9.17) is 5.26 Å². The van der Waals surface area contributed by atoms with Crippen molar-refractivity contribution in [1.82, 2.24) is 10.6 Å². The average Bonchev–Trinajstić information content (AvgIpc) is 2.32. The monoisotopic (exact) mass is 229 g/mol. The number of carbonyl (C=O) groups excluding carboxylic acids is 1. The Kier molecular flexibility index (Phi) is 5.32. The number of urea groups is 1. The van der Waals surface area contributed by atoms with Crippen LogP contribution in [-0.2, 0) is 0 Å². The van der Waals surface area contributed by atoms with E-state index in [-0.39, 0.29) is 6.03 Å². The van der Waals surface area contributed by atoms with Gasteiger partial charge in [0.25, 0.3) is 0 Å². The van der Waals surface area contributed by atoms with Crippen LogP contribution in [-0.4, -0.2) is 12.6 Å². The highest BCUT2D eigenvalue weighted by molar-refractivity contribution is 5.75. The minimum atomic E-state index is -0.301. The number of hydrogen-bond donors (Lipinski definition) is 2. The Morgan fingerprint density at radius 3 is 2.94 bits per heavy atom. The molecule has 0 heterocycles. The summed E-state index contributed by atoms with van der Waals surface area (Å²) in [5, 5.41) is 13.4. The first-order valence-corrected chi connectivity index (χ1v) is 5.37. The van der Waals surface area contributed by atoms with Gasteiger partial charge < -0.3 is 10.6 Å². The van der Waals surface area contributed by atoms with Crippen molar-refractivity contribution < 1.29 is 4.79 Å². The molecule has 0 atom stereocenters. The van der Waals surface area contributed by atoms with Crippen molar-refractivity contribution in [1.29, 1.82) is 5.26 Å². The van der Waals surface area contributed by atoms with Gasteiger partial charge in [-0.1, -0.05) is 24.3 Å². The maximum absolute atomic E-state index is 11.2. The van der Waals surface area contributed by atoms with Crippen LogP contribution in [0, 0.1) is 18.3 Å². The summed E-state index contributed by atoms with van der Waals surface area (Å²) >= 11 is 0. The van der Waals surface area contributed by atoms with Crippen molar-refractivity contribution in [2.24, 2.45) is 0 Å². The average molecular weight is 229 g/mol. The highest BCUT2D eigenvalue weighted by Crippen LogP contribution is 2.07. The lowest BCUT2D eigenvalue weighted by atomic mass is 10.1. The lowest BCUT2D eigenvalue weighted by molar-refractivity contribution is 0.244. The number of benzene rings is 1. The van der Waals surface area contributed by atoms with Crippen LogP contribution in [0.25, 0.3) is 6.08 Å². The second kappa shape index (κ2) is 7.07. The molecule has 0 aliphatic carbocycles. The minimum Gasteiger partial charge on any atom is -0.337 e. The van der Waals surface area contributed by atoms with Crippen molar-refractivity contribution in [3.63, 3.8) is 0 Å². The maximum Gasteiger partial charge on any atom is 0.318 e. The van der Waals surface area contributed by atoms with Gasteiger partial charge in [-0.2, -0.15) is 5.26 Å². The van der Waals surface area contributed by atoms with Crippen molar-refractivity contribution in [3.8, 4) is 6.07 Å². The fourth-order valence-electron chi connectivity index (χ4n) is 1.26. The topological polar surface area (TPSA) is 64.9 Å². The quantitative estimate of drug-likeness (QED) is 0.777. The molecule has 4 heteroatoms. The Morgan fingerprint density at radius 1 is 1.47 bits per heavy atom. The highest BCUT2D eigenvalue weighted by Gasteiger charge is 1.95. The van der Waals surface area contributed by atoms with Gasteiger partial charge >= 0.3 is 6.03 Å². The number of nitrogens with one attached hydrogen (secondary N) is 2. The molecule has 1 aromatic rings. The second-order valence-electron chi connectivity index (χ2n) is 3.50. The molecule has 0 bridgehead atoms. The van der Waals surface area contributed by atoms with Crippen LogP contribution >= 0.6 is 0 Å². The SMILES string of the molecule is Cc1ccccc1/C=C/NC(=O)NCCC#N. The van der Waals surface area contributed by atoms with Crippen molar-refractivity contribution in [2.75, 3.05) is 6.54 Å². The van der Waals surface area contributed by atoms with E-state index in [1.165, 1.54) is 0 Å². The van der Waals surface area contributed by atoms with Crippen molar-refractivity contribution >= 4 is 12.1 Å². The first-order valence-electron chi connectivity index (χ1n) is 5.37. The Labute approximate surface area is 101 Å². The van der Waals surface area contributed by atoms with Crippen molar-refractivity contribution in [3.05, 3.63) is 41.6 Å². The summed E-state index contributed by atoms with van der Waals surface area (Å²) in [5.74, 6) is 0. The molecule has 0 aliphatic rings. The Bertz CT molecular complexity index is 446. The second-order valence-corrected chi connectivity index (χ2v) is 3.50. The van der Waals surface area contributed by atoms with Crippen LogP contribution in [0.3, 0.4) is 0 Å². The molecule has 0 saturated carbocycles. The Balaban J connectivity index is 2.38. The van der Waals surface area contributed by atoms with Gasteiger partial charge in [-0.25, -0.2) is 4.79 Å². The van der Waals surface area contributed by atoms with Crippen LogP contribution in [0.15, 0.2) is 30.5 Å². The van der Waals surface area contributed by atoms with Gasteiger partial charge in [0.05, 0.1) is 12.5 Å². The molecule has 1 aromatic carbocycles. The lowest BCUT2D eigenvalue weighted by Crippen LogP contribution is -2.32. The molecule has 17 heavy (non-hydrogen) atoms. The predicted octanol–water partition coefficient (Wildman–Crippen LogP) is 2.18. The fourth-order valence-corrected chi connectivity index (χ4v) is 1.26. The van der Waals surface area contributed by atoms with E-state index in [9.17, 15) is 4.79 Å². The molecule has 2 N–H and O–H groups in total. The zero-order valence-electron chi connectivity index (χ0n) is 9.73. The molecule has 0 fully saturated rings. The molecule has 4 nitrogen and oxygen atoms in total. The van der Waals surface area contributed by atoms with Crippen LogP contribution in [0.1, 0.15) is 17.5 Å². The number of aryl methyl sites for hydroxylation is 1. The maximum atomic E-state index is 11.2. The fraction of sp³-hybridized carbons (Fsp3) is 0.231. The largest absolute Gasteiger partial charge is 0.337 e. The third-order valence-corrected chi connectivity index (χ3v) is 2.19. The minimum absolute atomic E-state index is 0.301. The first-order chi connectivity index (χ1) is 8.24. The standard InChI is InChI=1S/C13H15N3O/c1-11-5-2-3-6-12(11)7-10-16-13(17)15-9-4-8-14/h2-3,5-7,10H,4,9H2,1H3,(H2,15,16,17)/b10-7+. The lowest BCUT2D eigenvalue weighted by Gasteiger charge is -2.02. The summed E-state index contributed by atoms with van der Waals surface area (Å²) in [5.41, 5.74) is 2.21. The van der Waals surface area contributed by atoms with E-state index in [1.807, 2.05) is 43.3 Å². The summed E-state index contributed by atoms with van der Waals surface area (Å²) in [6.45, 7) is 2.37. The molecule has 0 spiro atoms. The van der Waals surface area contributed by atoms with Gasteiger partial charge in [0.1, 0.15) is 0 Å². The molecule has 0 radical (unpaired) electrons. The number of nitriles is 1.